The number of hydrogen-bond donors (Lipinski definition) is 0. The number of aliphatic imine (C=N–C) groups is 1. The minimum atomic E-state index is -0.980. The van der Waals surface area contributed by atoms with Gasteiger partial charge in [0, 0.05) is 11.8 Å². The summed E-state index contributed by atoms with van der Waals surface area (Å²) in [4.78, 5) is 4.05. The lowest BCUT2D eigenvalue weighted by molar-refractivity contribution is 0.695. The van der Waals surface area contributed by atoms with Crippen molar-refractivity contribution in [1.29, 1.82) is 0 Å². The van der Waals surface area contributed by atoms with Gasteiger partial charge >= 0.3 is 0 Å². The fraction of sp³-hybridized carbons (Fsp3) is 0.100. The van der Waals surface area contributed by atoms with Crippen LogP contribution in [0.3, 0.4) is 0 Å². The first-order chi connectivity index (χ1) is 6.34. The Hall–Kier alpha value is -1.22. The van der Waals surface area contributed by atoms with Gasteiger partial charge in [0.05, 0.1) is 22.0 Å². The summed E-state index contributed by atoms with van der Waals surface area (Å²) in [6.45, 7) is 0. The molecule has 1 aliphatic heterocycles. The van der Waals surface area contributed by atoms with Crippen LogP contribution < -0.4 is 0 Å². The van der Waals surface area contributed by atoms with Gasteiger partial charge in [-0.3, -0.25) is 4.99 Å². The van der Waals surface area contributed by atoms with Gasteiger partial charge in [-0.05, 0) is 5.56 Å². The fourth-order valence-electron chi connectivity index (χ4n) is 1.21. The molecule has 1 heterocycles. The molecule has 1 aromatic carbocycles. The minimum absolute atomic E-state index is 0.767. The van der Waals surface area contributed by atoms with Crippen LogP contribution in [0.1, 0.15) is 5.56 Å². The summed E-state index contributed by atoms with van der Waals surface area (Å²) in [5, 5.41) is 1.69. The average molecular weight is 191 g/mol. The summed E-state index contributed by atoms with van der Waals surface area (Å²) in [5.74, 6) is 0. The molecule has 0 aromatic heterocycles. The quantitative estimate of drug-likeness (QED) is 0.701. The Morgan fingerprint density at radius 1 is 1.23 bits per heavy atom. The summed E-state index contributed by atoms with van der Waals surface area (Å²) in [5.41, 5.74) is 3.56. The zero-order chi connectivity index (χ0) is 9.10. The van der Waals surface area contributed by atoms with Crippen molar-refractivity contribution in [3.63, 3.8) is 0 Å². The molecule has 3 heteroatoms. The van der Waals surface area contributed by atoms with Gasteiger partial charge < -0.3 is 0 Å². The molecule has 66 valence electrons. The van der Waals surface area contributed by atoms with E-state index >= 15 is 0 Å². The first kappa shape index (κ1) is 8.38. The average Bonchev–Trinajstić information content (AvgIpc) is 2.53. The van der Waals surface area contributed by atoms with Crippen molar-refractivity contribution in [2.75, 3.05) is 0 Å². The highest BCUT2D eigenvalue weighted by Crippen LogP contribution is 2.12. The van der Waals surface area contributed by atoms with Gasteiger partial charge in [0.15, 0.2) is 0 Å². The highest BCUT2D eigenvalue weighted by atomic mass is 32.2. The van der Waals surface area contributed by atoms with E-state index in [1.54, 1.807) is 5.41 Å². The summed E-state index contributed by atoms with van der Waals surface area (Å²) in [7, 11) is -0.980. The van der Waals surface area contributed by atoms with Crippen LogP contribution >= 0.6 is 0 Å². The summed E-state index contributed by atoms with van der Waals surface area (Å²) in [6.07, 6.45) is 0.767. The second kappa shape index (κ2) is 3.66. The van der Waals surface area contributed by atoms with E-state index in [1.807, 2.05) is 30.3 Å². The number of nitrogens with zero attached hydrogens (tertiary/aromatic N) is 1. The van der Waals surface area contributed by atoms with Crippen LogP contribution in [0, 0.1) is 0 Å². The van der Waals surface area contributed by atoms with Crippen molar-refractivity contribution in [3.8, 4) is 0 Å². The van der Waals surface area contributed by atoms with Crippen LogP contribution in [-0.4, -0.2) is 9.76 Å². The molecule has 1 unspecified atom stereocenters. The van der Waals surface area contributed by atoms with Crippen molar-refractivity contribution in [3.05, 3.63) is 47.0 Å². The molecule has 0 aliphatic carbocycles. The highest BCUT2D eigenvalue weighted by molar-refractivity contribution is 8.01. The van der Waals surface area contributed by atoms with Crippen molar-refractivity contribution < 1.29 is 4.21 Å². The molecule has 0 spiro atoms. The molecule has 1 aromatic rings. The van der Waals surface area contributed by atoms with E-state index in [2.05, 4.69) is 4.99 Å². The molecule has 13 heavy (non-hydrogen) atoms. The van der Waals surface area contributed by atoms with E-state index in [-0.39, 0.29) is 0 Å². The third-order valence-electron chi connectivity index (χ3n) is 1.80. The maximum Gasteiger partial charge on any atom is 0.0956 e. The summed E-state index contributed by atoms with van der Waals surface area (Å²) in [6, 6.07) is 10.0. The monoisotopic (exact) mass is 191 g/mol. The van der Waals surface area contributed by atoms with Crippen LogP contribution in [0.25, 0.3) is 0 Å². The van der Waals surface area contributed by atoms with Crippen LogP contribution in [0.4, 0.5) is 0 Å². The second-order valence-electron chi connectivity index (χ2n) is 2.83. The van der Waals surface area contributed by atoms with E-state index < -0.39 is 10.8 Å². The van der Waals surface area contributed by atoms with E-state index in [0.29, 0.717) is 0 Å². The number of rotatable bonds is 2. The molecule has 1 atom stereocenters. The Balaban J connectivity index is 2.12. The molecule has 0 radical (unpaired) electrons. The Bertz CT molecular complexity index is 381. The van der Waals surface area contributed by atoms with Gasteiger partial charge in [0.25, 0.3) is 0 Å². The van der Waals surface area contributed by atoms with Gasteiger partial charge in [-0.15, -0.1) is 0 Å². The maximum atomic E-state index is 10.9. The molecule has 2 rings (SSSR count). The maximum absolute atomic E-state index is 10.9. The summed E-state index contributed by atoms with van der Waals surface area (Å²) >= 11 is 0. The zero-order valence-corrected chi connectivity index (χ0v) is 7.83. The van der Waals surface area contributed by atoms with E-state index in [0.717, 1.165) is 12.1 Å². The van der Waals surface area contributed by atoms with Crippen molar-refractivity contribution >= 4 is 16.3 Å². The third kappa shape index (κ3) is 2.12. The number of allylic oxidation sites excluding steroid dienone is 1. The molecule has 0 saturated carbocycles. The lowest BCUT2D eigenvalue weighted by atomic mass is 10.1. The largest absolute Gasteiger partial charge is 0.250 e. The lowest BCUT2D eigenvalue weighted by Crippen LogP contribution is -1.84. The molecule has 2 nitrogen and oxygen atoms in total. The standard InChI is InChI=1S/C10H9NOS/c12-13-7-10(11-8-13)6-9-4-2-1-3-5-9/h1-5,7-8H,6H2. The van der Waals surface area contributed by atoms with Crippen molar-refractivity contribution in [2.45, 2.75) is 6.42 Å². The first-order valence-corrected chi connectivity index (χ1v) is 5.30. The van der Waals surface area contributed by atoms with Crippen LogP contribution in [0.5, 0.6) is 0 Å². The van der Waals surface area contributed by atoms with Gasteiger partial charge in [0.1, 0.15) is 0 Å². The molecule has 0 amide bonds. The Labute approximate surface area is 79.5 Å². The molecule has 0 bridgehead atoms. The van der Waals surface area contributed by atoms with Crippen molar-refractivity contribution in [2.24, 2.45) is 4.99 Å². The van der Waals surface area contributed by atoms with E-state index in [4.69, 9.17) is 0 Å². The predicted octanol–water partition coefficient (Wildman–Crippen LogP) is 1.86. The van der Waals surface area contributed by atoms with E-state index in [1.165, 1.54) is 11.1 Å². The predicted molar refractivity (Wildman–Crippen MR) is 54.9 cm³/mol. The topological polar surface area (TPSA) is 29.4 Å². The fourth-order valence-corrected chi connectivity index (χ4v) is 1.92. The lowest BCUT2D eigenvalue weighted by Gasteiger charge is -1.97. The van der Waals surface area contributed by atoms with Crippen LogP contribution in [0.15, 0.2) is 46.4 Å². The zero-order valence-electron chi connectivity index (χ0n) is 7.01. The number of hydrogen-bond acceptors (Lipinski definition) is 2. The number of benzene rings is 1. The molecule has 0 saturated heterocycles. The van der Waals surface area contributed by atoms with Gasteiger partial charge in [-0.2, -0.15) is 0 Å². The third-order valence-corrected chi connectivity index (χ3v) is 2.62. The van der Waals surface area contributed by atoms with Gasteiger partial charge in [-0.1, -0.05) is 30.3 Å². The van der Waals surface area contributed by atoms with Gasteiger partial charge in [0.2, 0.25) is 0 Å². The second-order valence-corrected chi connectivity index (χ2v) is 3.94. The van der Waals surface area contributed by atoms with Gasteiger partial charge in [-0.25, -0.2) is 4.21 Å². The Morgan fingerprint density at radius 2 is 2.00 bits per heavy atom. The molecular formula is C10H9NOS. The molecular weight excluding hydrogens is 182 g/mol. The normalized spacial score (nSPS) is 20.3. The smallest absolute Gasteiger partial charge is 0.0956 e. The Kier molecular flexibility index (Phi) is 2.36. The van der Waals surface area contributed by atoms with Crippen molar-refractivity contribution in [1.82, 2.24) is 0 Å². The first-order valence-electron chi connectivity index (χ1n) is 4.03. The molecule has 1 aliphatic rings. The molecule has 0 N–H and O–H groups in total. The van der Waals surface area contributed by atoms with E-state index in [9.17, 15) is 4.21 Å². The van der Waals surface area contributed by atoms with Crippen LogP contribution in [0.2, 0.25) is 0 Å². The summed E-state index contributed by atoms with van der Waals surface area (Å²) < 4.78 is 10.9. The highest BCUT2D eigenvalue weighted by Gasteiger charge is 2.05. The Morgan fingerprint density at radius 3 is 2.62 bits per heavy atom. The SMILES string of the molecule is O=S1C=NC(Cc2ccccc2)=C1. The van der Waals surface area contributed by atoms with Crippen LogP contribution in [-0.2, 0) is 17.2 Å². The molecule has 0 fully saturated rings. The minimum Gasteiger partial charge on any atom is -0.250 e.